The van der Waals surface area contributed by atoms with Gasteiger partial charge in [0.25, 0.3) is 0 Å². The molecule has 23 heavy (non-hydrogen) atoms. The molecule has 1 heterocycles. The highest BCUT2D eigenvalue weighted by Crippen LogP contribution is 2.29. The number of hydrogen-bond donors (Lipinski definition) is 0. The third-order valence-electron chi connectivity index (χ3n) is 3.63. The molecule has 5 heteroatoms. The standard InChI is InChI=1S/C18H14N2O3/c1-23-16-8-6-13(7-9-16)14-10-15(12-21)20(11-14)18-5-3-2-4-17(18)19-22/h2-12H,1H3. The first-order chi connectivity index (χ1) is 11.3. The van der Waals surface area contributed by atoms with Crippen molar-refractivity contribution in [2.45, 2.75) is 0 Å². The molecule has 0 bridgehead atoms. The molecule has 2 aromatic carbocycles. The minimum absolute atomic E-state index is 0.285. The molecule has 0 radical (unpaired) electrons. The Morgan fingerprint density at radius 1 is 1.04 bits per heavy atom. The van der Waals surface area contributed by atoms with E-state index in [1.807, 2.05) is 30.5 Å². The molecule has 3 aromatic rings. The molecule has 0 spiro atoms. The zero-order valence-corrected chi connectivity index (χ0v) is 12.5. The fourth-order valence-electron chi connectivity index (χ4n) is 2.47. The summed E-state index contributed by atoms with van der Waals surface area (Å²) in [5.41, 5.74) is 3.13. The Hall–Kier alpha value is -3.21. The van der Waals surface area contributed by atoms with Crippen LogP contribution in [-0.4, -0.2) is 18.0 Å². The predicted molar refractivity (Wildman–Crippen MR) is 88.6 cm³/mol. The summed E-state index contributed by atoms with van der Waals surface area (Å²) >= 11 is 0. The first kappa shape index (κ1) is 14.7. The zero-order chi connectivity index (χ0) is 16.2. The topological polar surface area (TPSA) is 60.7 Å². The Morgan fingerprint density at radius 3 is 2.43 bits per heavy atom. The fourth-order valence-corrected chi connectivity index (χ4v) is 2.47. The van der Waals surface area contributed by atoms with Crippen LogP contribution in [0, 0.1) is 4.91 Å². The number of benzene rings is 2. The summed E-state index contributed by atoms with van der Waals surface area (Å²) in [4.78, 5) is 22.4. The summed E-state index contributed by atoms with van der Waals surface area (Å²) < 4.78 is 6.82. The maximum Gasteiger partial charge on any atom is 0.166 e. The molecule has 1 aromatic heterocycles. The lowest BCUT2D eigenvalue weighted by Crippen LogP contribution is -1.97. The van der Waals surface area contributed by atoms with E-state index in [1.54, 1.807) is 42.0 Å². The van der Waals surface area contributed by atoms with Crippen molar-refractivity contribution in [3.8, 4) is 22.6 Å². The Labute approximate surface area is 133 Å². The second-order valence-corrected chi connectivity index (χ2v) is 4.95. The van der Waals surface area contributed by atoms with Crippen molar-refractivity contribution in [1.82, 2.24) is 4.57 Å². The quantitative estimate of drug-likeness (QED) is 0.519. The predicted octanol–water partition coefficient (Wildman–Crippen LogP) is 4.36. The Bertz CT molecular complexity index is 851. The van der Waals surface area contributed by atoms with Gasteiger partial charge in [0.2, 0.25) is 0 Å². The number of nitrogens with zero attached hydrogens (tertiary/aromatic N) is 2. The Kier molecular flexibility index (Phi) is 4.01. The van der Waals surface area contributed by atoms with Gasteiger partial charge < -0.3 is 9.30 Å². The largest absolute Gasteiger partial charge is 0.497 e. The summed E-state index contributed by atoms with van der Waals surface area (Å²) in [5, 5.41) is 3.02. The van der Waals surface area contributed by atoms with Gasteiger partial charge in [-0.05, 0) is 41.1 Å². The molecule has 0 amide bonds. The maximum absolute atomic E-state index is 11.4. The van der Waals surface area contributed by atoms with E-state index >= 15 is 0 Å². The van der Waals surface area contributed by atoms with Gasteiger partial charge in [-0.1, -0.05) is 24.3 Å². The van der Waals surface area contributed by atoms with Crippen LogP contribution in [-0.2, 0) is 0 Å². The van der Waals surface area contributed by atoms with E-state index in [-0.39, 0.29) is 5.69 Å². The van der Waals surface area contributed by atoms with Crippen molar-refractivity contribution in [2.75, 3.05) is 7.11 Å². The summed E-state index contributed by atoms with van der Waals surface area (Å²) in [6.07, 6.45) is 2.57. The number of carbonyl (C=O) groups excluding carboxylic acids is 1. The number of methoxy groups -OCH3 is 1. The molecule has 0 saturated heterocycles. The van der Waals surface area contributed by atoms with E-state index in [1.165, 1.54) is 0 Å². The van der Waals surface area contributed by atoms with Crippen LogP contribution in [0.3, 0.4) is 0 Å². The number of rotatable bonds is 5. The average molecular weight is 306 g/mol. The number of para-hydroxylation sites is 1. The average Bonchev–Trinajstić information content (AvgIpc) is 3.06. The van der Waals surface area contributed by atoms with Gasteiger partial charge in [0.1, 0.15) is 11.4 Å². The SMILES string of the molecule is COc1ccc(-c2cc(C=O)n(-c3ccccc3N=O)c2)cc1. The smallest absolute Gasteiger partial charge is 0.166 e. The van der Waals surface area contributed by atoms with Crippen LogP contribution in [0.25, 0.3) is 16.8 Å². The first-order valence-electron chi connectivity index (χ1n) is 7.01. The second kappa shape index (κ2) is 6.27. The third kappa shape index (κ3) is 2.76. The molecule has 0 saturated carbocycles. The van der Waals surface area contributed by atoms with Crippen LogP contribution in [0.15, 0.2) is 66.0 Å². The van der Waals surface area contributed by atoms with Crippen LogP contribution in [0.2, 0.25) is 0 Å². The van der Waals surface area contributed by atoms with E-state index in [0.717, 1.165) is 23.2 Å². The lowest BCUT2D eigenvalue weighted by molar-refractivity contribution is 0.111. The van der Waals surface area contributed by atoms with Crippen molar-refractivity contribution in [2.24, 2.45) is 5.18 Å². The van der Waals surface area contributed by atoms with Gasteiger partial charge in [-0.2, -0.15) is 0 Å². The Balaban J connectivity index is 2.10. The number of nitroso groups, excluding NO2 is 1. The molecule has 0 atom stereocenters. The van der Waals surface area contributed by atoms with Crippen molar-refractivity contribution in [1.29, 1.82) is 0 Å². The molecule has 0 aliphatic rings. The van der Waals surface area contributed by atoms with Crippen LogP contribution in [0.4, 0.5) is 5.69 Å². The van der Waals surface area contributed by atoms with Gasteiger partial charge in [-0.25, -0.2) is 0 Å². The third-order valence-corrected chi connectivity index (χ3v) is 3.63. The summed E-state index contributed by atoms with van der Waals surface area (Å²) in [7, 11) is 1.61. The van der Waals surface area contributed by atoms with Gasteiger partial charge in [0.15, 0.2) is 6.29 Å². The Morgan fingerprint density at radius 2 is 1.78 bits per heavy atom. The second-order valence-electron chi connectivity index (χ2n) is 4.95. The van der Waals surface area contributed by atoms with Crippen LogP contribution >= 0.6 is 0 Å². The normalized spacial score (nSPS) is 10.3. The van der Waals surface area contributed by atoms with Gasteiger partial charge in [-0.15, -0.1) is 4.91 Å². The van der Waals surface area contributed by atoms with E-state index in [0.29, 0.717) is 11.4 Å². The summed E-state index contributed by atoms with van der Waals surface area (Å²) in [6.45, 7) is 0. The lowest BCUT2D eigenvalue weighted by atomic mass is 10.1. The highest BCUT2D eigenvalue weighted by atomic mass is 16.5. The molecule has 0 aliphatic heterocycles. The maximum atomic E-state index is 11.4. The molecular weight excluding hydrogens is 292 g/mol. The summed E-state index contributed by atoms with van der Waals surface area (Å²) in [5.74, 6) is 0.763. The molecular formula is C18H14N2O3. The number of aldehydes is 1. The fraction of sp³-hybridized carbons (Fsp3) is 0.0556. The monoisotopic (exact) mass is 306 g/mol. The zero-order valence-electron chi connectivity index (χ0n) is 12.5. The van der Waals surface area contributed by atoms with Crippen molar-refractivity contribution < 1.29 is 9.53 Å². The number of hydrogen-bond acceptors (Lipinski definition) is 4. The van der Waals surface area contributed by atoms with Crippen molar-refractivity contribution in [3.63, 3.8) is 0 Å². The first-order valence-corrected chi connectivity index (χ1v) is 7.01. The molecule has 0 N–H and O–H groups in total. The van der Waals surface area contributed by atoms with Gasteiger partial charge >= 0.3 is 0 Å². The summed E-state index contributed by atoms with van der Waals surface area (Å²) in [6, 6.07) is 16.2. The van der Waals surface area contributed by atoms with Crippen molar-refractivity contribution >= 4 is 12.0 Å². The molecule has 0 unspecified atom stereocenters. The van der Waals surface area contributed by atoms with E-state index in [4.69, 9.17) is 4.74 Å². The molecule has 3 rings (SSSR count). The molecule has 5 nitrogen and oxygen atoms in total. The number of aromatic nitrogens is 1. The highest BCUT2D eigenvalue weighted by molar-refractivity contribution is 5.80. The van der Waals surface area contributed by atoms with Crippen LogP contribution in [0.5, 0.6) is 5.75 Å². The van der Waals surface area contributed by atoms with Gasteiger partial charge in [0.05, 0.1) is 18.5 Å². The minimum Gasteiger partial charge on any atom is -0.497 e. The van der Waals surface area contributed by atoms with Gasteiger partial charge in [0, 0.05) is 11.8 Å². The lowest BCUT2D eigenvalue weighted by Gasteiger charge is -2.06. The van der Waals surface area contributed by atoms with Crippen molar-refractivity contribution in [3.05, 3.63) is 71.4 Å². The van der Waals surface area contributed by atoms with E-state index < -0.39 is 0 Å². The molecule has 0 fully saturated rings. The molecule has 114 valence electrons. The highest BCUT2D eigenvalue weighted by Gasteiger charge is 2.12. The van der Waals surface area contributed by atoms with Crippen LogP contribution < -0.4 is 4.74 Å². The minimum atomic E-state index is 0.285. The molecule has 0 aliphatic carbocycles. The van der Waals surface area contributed by atoms with Crippen LogP contribution in [0.1, 0.15) is 10.5 Å². The van der Waals surface area contributed by atoms with E-state index in [9.17, 15) is 9.70 Å². The van der Waals surface area contributed by atoms with E-state index in [2.05, 4.69) is 5.18 Å². The number of ether oxygens (including phenoxy) is 1. The number of carbonyl (C=O) groups is 1. The van der Waals surface area contributed by atoms with Gasteiger partial charge in [-0.3, -0.25) is 4.79 Å².